The first-order valence-electron chi connectivity index (χ1n) is 9.21. The molecule has 27 heavy (non-hydrogen) atoms. The fraction of sp³-hybridized carbons (Fsp3) is 0.208. The van der Waals surface area contributed by atoms with Gasteiger partial charge in [-0.2, -0.15) is 0 Å². The Morgan fingerprint density at radius 3 is 2.19 bits per heavy atom. The van der Waals surface area contributed by atoms with E-state index in [1.165, 1.54) is 33.4 Å². The molecule has 2 N–H and O–H groups in total. The van der Waals surface area contributed by atoms with Gasteiger partial charge < -0.3 is 10.6 Å². The number of hydrogen-bond donors (Lipinski definition) is 2. The van der Waals surface area contributed by atoms with Crippen LogP contribution in [0.3, 0.4) is 0 Å². The monoisotopic (exact) mass is 374 g/mol. The van der Waals surface area contributed by atoms with E-state index in [1.807, 2.05) is 6.07 Å². The first kappa shape index (κ1) is 19.1. The van der Waals surface area contributed by atoms with Gasteiger partial charge in [0.05, 0.1) is 6.04 Å². The molecule has 0 fully saturated rings. The third-order valence-corrected chi connectivity index (χ3v) is 5.13. The van der Waals surface area contributed by atoms with Crippen molar-refractivity contribution in [2.24, 2.45) is 0 Å². The molecule has 0 aliphatic carbocycles. The normalized spacial score (nSPS) is 11.7. The SMILES string of the molecule is Cc1ccc([C@@H](NC(=S)Nc2ccc(C)c(C)c2)c2ccccc2)c(C)c1. The predicted molar refractivity (Wildman–Crippen MR) is 119 cm³/mol. The van der Waals surface area contributed by atoms with Crippen molar-refractivity contribution in [3.05, 3.63) is 100 Å². The predicted octanol–water partition coefficient (Wildman–Crippen LogP) is 6.00. The van der Waals surface area contributed by atoms with E-state index in [0.29, 0.717) is 5.11 Å². The lowest BCUT2D eigenvalue weighted by atomic mass is 9.94. The Kier molecular flexibility index (Phi) is 5.92. The molecule has 0 saturated carbocycles. The summed E-state index contributed by atoms with van der Waals surface area (Å²) in [6.45, 7) is 8.49. The maximum Gasteiger partial charge on any atom is 0.171 e. The first-order valence-corrected chi connectivity index (χ1v) is 9.62. The second-order valence-electron chi connectivity index (χ2n) is 7.10. The maximum atomic E-state index is 5.64. The Morgan fingerprint density at radius 2 is 1.52 bits per heavy atom. The van der Waals surface area contributed by atoms with Crippen LogP contribution in [0.4, 0.5) is 5.69 Å². The Hall–Kier alpha value is -2.65. The molecular weight excluding hydrogens is 348 g/mol. The Labute approximate surface area is 167 Å². The van der Waals surface area contributed by atoms with Crippen LogP contribution in [0.15, 0.2) is 66.7 Å². The minimum Gasteiger partial charge on any atom is -0.352 e. The zero-order valence-corrected chi connectivity index (χ0v) is 17.2. The molecule has 0 aromatic heterocycles. The number of aryl methyl sites for hydroxylation is 4. The van der Waals surface area contributed by atoms with E-state index in [9.17, 15) is 0 Å². The molecular formula is C24H26N2S. The van der Waals surface area contributed by atoms with Gasteiger partial charge in [-0.25, -0.2) is 0 Å². The van der Waals surface area contributed by atoms with Gasteiger partial charge in [-0.05, 0) is 79.9 Å². The van der Waals surface area contributed by atoms with Crippen LogP contribution in [0.2, 0.25) is 0 Å². The molecule has 0 amide bonds. The molecule has 3 aromatic rings. The smallest absolute Gasteiger partial charge is 0.171 e. The van der Waals surface area contributed by atoms with Crippen molar-refractivity contribution in [2.75, 3.05) is 5.32 Å². The third kappa shape index (κ3) is 4.75. The van der Waals surface area contributed by atoms with Crippen LogP contribution in [-0.2, 0) is 0 Å². The molecule has 3 aromatic carbocycles. The van der Waals surface area contributed by atoms with Crippen molar-refractivity contribution < 1.29 is 0 Å². The van der Waals surface area contributed by atoms with Crippen molar-refractivity contribution >= 4 is 23.0 Å². The van der Waals surface area contributed by atoms with Crippen LogP contribution in [0.1, 0.15) is 39.4 Å². The fourth-order valence-electron chi connectivity index (χ4n) is 3.25. The van der Waals surface area contributed by atoms with Crippen LogP contribution < -0.4 is 10.6 Å². The summed E-state index contributed by atoms with van der Waals surface area (Å²) in [7, 11) is 0. The minimum absolute atomic E-state index is 0.00153. The van der Waals surface area contributed by atoms with E-state index in [-0.39, 0.29) is 6.04 Å². The Bertz CT molecular complexity index is 948. The summed E-state index contributed by atoms with van der Waals surface area (Å²) in [5, 5.41) is 7.46. The van der Waals surface area contributed by atoms with E-state index in [4.69, 9.17) is 12.2 Å². The van der Waals surface area contributed by atoms with Crippen LogP contribution in [0.5, 0.6) is 0 Å². The second-order valence-corrected chi connectivity index (χ2v) is 7.51. The van der Waals surface area contributed by atoms with Gasteiger partial charge >= 0.3 is 0 Å². The Balaban J connectivity index is 1.87. The van der Waals surface area contributed by atoms with Crippen LogP contribution in [0, 0.1) is 27.7 Å². The number of benzene rings is 3. The van der Waals surface area contributed by atoms with Crippen LogP contribution in [0.25, 0.3) is 0 Å². The second kappa shape index (κ2) is 8.36. The third-order valence-electron chi connectivity index (χ3n) is 4.91. The van der Waals surface area contributed by atoms with Gasteiger partial charge in [-0.1, -0.05) is 60.2 Å². The largest absolute Gasteiger partial charge is 0.352 e. The van der Waals surface area contributed by atoms with Gasteiger partial charge in [0.1, 0.15) is 0 Å². The van der Waals surface area contributed by atoms with Gasteiger partial charge in [-0.3, -0.25) is 0 Å². The molecule has 0 bridgehead atoms. The quantitative estimate of drug-likeness (QED) is 0.548. The van der Waals surface area contributed by atoms with Crippen LogP contribution in [-0.4, -0.2) is 5.11 Å². The van der Waals surface area contributed by atoms with Crippen molar-refractivity contribution in [3.8, 4) is 0 Å². The molecule has 0 aliphatic rings. The molecule has 0 radical (unpaired) electrons. The van der Waals surface area contributed by atoms with Crippen molar-refractivity contribution in [3.63, 3.8) is 0 Å². The molecule has 0 heterocycles. The van der Waals surface area contributed by atoms with Crippen molar-refractivity contribution in [2.45, 2.75) is 33.7 Å². The van der Waals surface area contributed by atoms with Gasteiger partial charge in [0.15, 0.2) is 5.11 Å². The van der Waals surface area contributed by atoms with E-state index in [1.54, 1.807) is 0 Å². The van der Waals surface area contributed by atoms with Crippen LogP contribution >= 0.6 is 12.2 Å². The summed E-state index contributed by atoms with van der Waals surface area (Å²) in [5.41, 5.74) is 8.46. The molecule has 0 unspecified atom stereocenters. The van der Waals surface area contributed by atoms with E-state index in [0.717, 1.165) is 5.69 Å². The number of rotatable bonds is 4. The number of thiocarbonyl (C=S) groups is 1. The number of nitrogens with one attached hydrogen (secondary N) is 2. The minimum atomic E-state index is -0.00153. The topological polar surface area (TPSA) is 24.1 Å². The summed E-state index contributed by atoms with van der Waals surface area (Å²) < 4.78 is 0. The summed E-state index contributed by atoms with van der Waals surface area (Å²) in [6.07, 6.45) is 0. The lowest BCUT2D eigenvalue weighted by Gasteiger charge is -2.24. The highest BCUT2D eigenvalue weighted by Crippen LogP contribution is 2.26. The summed E-state index contributed by atoms with van der Waals surface area (Å²) in [4.78, 5) is 0. The van der Waals surface area contributed by atoms with Crippen molar-refractivity contribution in [1.82, 2.24) is 5.32 Å². The van der Waals surface area contributed by atoms with Gasteiger partial charge in [0.2, 0.25) is 0 Å². The summed E-state index contributed by atoms with van der Waals surface area (Å²) in [6, 6.07) is 23.3. The number of anilines is 1. The highest BCUT2D eigenvalue weighted by Gasteiger charge is 2.17. The Morgan fingerprint density at radius 1 is 0.778 bits per heavy atom. The molecule has 2 nitrogen and oxygen atoms in total. The maximum absolute atomic E-state index is 5.64. The zero-order chi connectivity index (χ0) is 19.4. The fourth-order valence-corrected chi connectivity index (χ4v) is 3.49. The van der Waals surface area contributed by atoms with E-state index < -0.39 is 0 Å². The van der Waals surface area contributed by atoms with E-state index >= 15 is 0 Å². The highest BCUT2D eigenvalue weighted by molar-refractivity contribution is 7.80. The molecule has 0 spiro atoms. The average Bonchev–Trinajstić information content (AvgIpc) is 2.64. The standard InChI is InChI=1S/C24H26N2S/c1-16-10-13-22(19(4)14-16)23(20-8-6-5-7-9-20)26-24(27)25-21-12-11-17(2)18(3)15-21/h5-15,23H,1-4H3,(H2,25,26,27)/t23-/m0/s1. The first-order chi connectivity index (χ1) is 12.9. The molecule has 3 heteroatoms. The lowest BCUT2D eigenvalue weighted by molar-refractivity contribution is 0.762. The molecule has 0 saturated heterocycles. The van der Waals surface area contributed by atoms with Gasteiger partial charge in [0, 0.05) is 5.69 Å². The average molecular weight is 375 g/mol. The van der Waals surface area contributed by atoms with E-state index in [2.05, 4.69) is 99.0 Å². The molecule has 0 aliphatic heterocycles. The van der Waals surface area contributed by atoms with Gasteiger partial charge in [-0.15, -0.1) is 0 Å². The zero-order valence-electron chi connectivity index (χ0n) is 16.3. The van der Waals surface area contributed by atoms with Gasteiger partial charge in [0.25, 0.3) is 0 Å². The summed E-state index contributed by atoms with van der Waals surface area (Å²) >= 11 is 5.64. The number of hydrogen-bond acceptors (Lipinski definition) is 1. The molecule has 3 rings (SSSR count). The molecule has 138 valence electrons. The molecule has 1 atom stereocenters. The lowest BCUT2D eigenvalue weighted by Crippen LogP contribution is -2.33. The van der Waals surface area contributed by atoms with Crippen molar-refractivity contribution in [1.29, 1.82) is 0 Å². The summed E-state index contributed by atoms with van der Waals surface area (Å²) in [5.74, 6) is 0. The highest BCUT2D eigenvalue weighted by atomic mass is 32.1.